The molecule has 0 heterocycles. The number of nitrogens with zero attached hydrogens (tertiary/aromatic N) is 2. The first kappa shape index (κ1) is 20.4. The second-order valence-corrected chi connectivity index (χ2v) is 5.51. The van der Waals surface area contributed by atoms with E-state index in [0.29, 0.717) is 6.42 Å². The lowest BCUT2D eigenvalue weighted by Crippen LogP contribution is -2.44. The zero-order chi connectivity index (χ0) is 18.0. The highest BCUT2D eigenvalue weighted by Crippen LogP contribution is 2.08. The molecule has 0 fully saturated rings. The average molecular weight is 333 g/mol. The quantitative estimate of drug-likeness (QED) is 0.146. The molecule has 23 heavy (non-hydrogen) atoms. The third-order valence-corrected chi connectivity index (χ3v) is 2.34. The molecule has 132 valence electrons. The van der Waals surface area contributed by atoms with Crippen LogP contribution in [0.15, 0.2) is 5.10 Å². The van der Waals surface area contributed by atoms with Gasteiger partial charge >= 0.3 is 12.1 Å². The second-order valence-electron chi connectivity index (χ2n) is 5.51. The van der Waals surface area contributed by atoms with Crippen molar-refractivity contribution in [2.45, 2.75) is 45.3 Å². The molecule has 0 aromatic heterocycles. The highest BCUT2D eigenvalue weighted by molar-refractivity contribution is 5.81. The second kappa shape index (κ2) is 9.43. The van der Waals surface area contributed by atoms with Gasteiger partial charge in [0.1, 0.15) is 16.7 Å². The minimum Gasteiger partial charge on any atom is -0.467 e. The SMILES string of the molecule is COC(=O)[C@H](CCCN/C(N)=N\[N+](=O)[O-])NC(=O)OC(C)(C)C. The van der Waals surface area contributed by atoms with Gasteiger partial charge in [0.05, 0.1) is 7.11 Å². The molecule has 0 saturated carbocycles. The van der Waals surface area contributed by atoms with Crippen molar-refractivity contribution in [3.63, 3.8) is 0 Å². The van der Waals surface area contributed by atoms with Gasteiger partial charge < -0.3 is 25.8 Å². The Labute approximate surface area is 133 Å². The van der Waals surface area contributed by atoms with E-state index < -0.39 is 28.7 Å². The summed E-state index contributed by atoms with van der Waals surface area (Å²) in [6.45, 7) is 5.32. The van der Waals surface area contributed by atoms with Crippen molar-refractivity contribution in [1.82, 2.24) is 10.6 Å². The number of nitro groups is 1. The zero-order valence-electron chi connectivity index (χ0n) is 13.6. The maximum Gasteiger partial charge on any atom is 0.408 e. The van der Waals surface area contributed by atoms with E-state index in [1.54, 1.807) is 20.8 Å². The molecule has 11 nitrogen and oxygen atoms in total. The molecule has 0 aromatic carbocycles. The van der Waals surface area contributed by atoms with Gasteiger partial charge in [-0.15, -0.1) is 0 Å². The monoisotopic (exact) mass is 333 g/mol. The molecule has 0 bridgehead atoms. The van der Waals surface area contributed by atoms with Crippen LogP contribution in [0.1, 0.15) is 33.6 Å². The normalized spacial score (nSPS) is 13.0. The van der Waals surface area contributed by atoms with E-state index in [-0.39, 0.29) is 18.9 Å². The van der Waals surface area contributed by atoms with Gasteiger partial charge in [-0.2, -0.15) is 0 Å². The molecule has 1 amide bonds. The van der Waals surface area contributed by atoms with Gasteiger partial charge in [-0.3, -0.25) is 0 Å². The Morgan fingerprint density at radius 1 is 1.39 bits per heavy atom. The predicted molar refractivity (Wildman–Crippen MR) is 81.0 cm³/mol. The van der Waals surface area contributed by atoms with Gasteiger partial charge in [-0.1, -0.05) is 0 Å². The summed E-state index contributed by atoms with van der Waals surface area (Å²) in [5.74, 6) is -0.965. The minimum atomic E-state index is -0.927. The first-order valence-electron chi connectivity index (χ1n) is 6.85. The number of nitrogens with one attached hydrogen (secondary N) is 2. The number of hydrazone groups is 1. The fraction of sp³-hybridized carbons (Fsp3) is 0.750. The number of carbonyl (C=O) groups excluding carboxylic acids is 2. The van der Waals surface area contributed by atoms with Crippen LogP contribution >= 0.6 is 0 Å². The lowest BCUT2D eigenvalue weighted by Gasteiger charge is -2.22. The smallest absolute Gasteiger partial charge is 0.408 e. The maximum absolute atomic E-state index is 11.7. The third kappa shape index (κ3) is 10.7. The Kier molecular flexibility index (Phi) is 8.37. The first-order valence-corrected chi connectivity index (χ1v) is 6.85. The maximum atomic E-state index is 11.7. The van der Waals surface area contributed by atoms with E-state index in [1.165, 1.54) is 7.11 Å². The summed E-state index contributed by atoms with van der Waals surface area (Å²) < 4.78 is 9.67. The number of amides is 1. The van der Waals surface area contributed by atoms with Gasteiger partial charge in [0.15, 0.2) is 5.03 Å². The van der Waals surface area contributed by atoms with Crippen molar-refractivity contribution in [2.24, 2.45) is 10.8 Å². The van der Waals surface area contributed by atoms with Crippen molar-refractivity contribution >= 4 is 18.0 Å². The summed E-state index contributed by atoms with van der Waals surface area (Å²) in [4.78, 5) is 33.4. The van der Waals surface area contributed by atoms with E-state index in [1.807, 2.05) is 0 Å². The van der Waals surface area contributed by atoms with Crippen molar-refractivity contribution in [3.05, 3.63) is 10.1 Å². The summed E-state index contributed by atoms with van der Waals surface area (Å²) in [7, 11) is 1.20. The van der Waals surface area contributed by atoms with Gasteiger partial charge in [0, 0.05) is 6.54 Å². The van der Waals surface area contributed by atoms with Crippen molar-refractivity contribution in [1.29, 1.82) is 0 Å². The molecule has 0 aliphatic heterocycles. The van der Waals surface area contributed by atoms with Crippen LogP contribution in [0, 0.1) is 10.1 Å². The van der Waals surface area contributed by atoms with Crippen LogP contribution in [-0.2, 0) is 14.3 Å². The molecule has 0 aliphatic rings. The molecule has 0 rings (SSSR count). The molecule has 0 aliphatic carbocycles. The average Bonchev–Trinajstić information content (AvgIpc) is 2.38. The van der Waals surface area contributed by atoms with Crippen molar-refractivity contribution in [2.75, 3.05) is 13.7 Å². The zero-order valence-corrected chi connectivity index (χ0v) is 13.6. The minimum absolute atomic E-state index is 0.227. The Morgan fingerprint density at radius 3 is 2.48 bits per heavy atom. The molecular formula is C12H23N5O6. The molecule has 0 unspecified atom stereocenters. The van der Waals surface area contributed by atoms with Crippen LogP contribution in [0.25, 0.3) is 0 Å². The van der Waals surface area contributed by atoms with Gasteiger partial charge in [0.25, 0.3) is 5.96 Å². The number of nitrogens with two attached hydrogens (primary N) is 1. The van der Waals surface area contributed by atoms with Crippen molar-refractivity contribution in [3.8, 4) is 0 Å². The topological polar surface area (TPSA) is 158 Å². The molecular weight excluding hydrogens is 310 g/mol. The standard InChI is InChI=1S/C12H23N5O6/c1-12(2,3)23-11(19)15-8(9(18)22-4)6-5-7-14-10(13)16-17(20)21/h8H,5-7H2,1-4H3,(H,15,19)(H3,13,14,16)/t8-/m0/s1. The van der Waals surface area contributed by atoms with E-state index >= 15 is 0 Å². The number of guanidine groups is 1. The Balaban J connectivity index is 4.39. The number of esters is 1. The summed E-state index contributed by atoms with van der Waals surface area (Å²) in [5.41, 5.74) is 4.55. The Hall–Kier alpha value is -2.59. The molecule has 0 spiro atoms. The highest BCUT2D eigenvalue weighted by Gasteiger charge is 2.24. The predicted octanol–water partition coefficient (Wildman–Crippen LogP) is -0.0711. The largest absolute Gasteiger partial charge is 0.467 e. The number of ether oxygens (including phenoxy) is 2. The lowest BCUT2D eigenvalue weighted by molar-refractivity contribution is -0.485. The summed E-state index contributed by atoms with van der Waals surface area (Å²) in [6.07, 6.45) is -0.135. The molecule has 0 aromatic rings. The van der Waals surface area contributed by atoms with E-state index in [0.717, 1.165) is 0 Å². The fourth-order valence-electron chi connectivity index (χ4n) is 1.49. The number of hydrogen-bond acceptors (Lipinski definition) is 6. The Morgan fingerprint density at radius 2 is 2.00 bits per heavy atom. The third-order valence-electron chi connectivity index (χ3n) is 2.34. The van der Waals surface area contributed by atoms with Gasteiger partial charge in [-0.05, 0) is 33.6 Å². The Bertz CT molecular complexity index is 459. The van der Waals surface area contributed by atoms with Crippen LogP contribution in [-0.4, -0.2) is 48.4 Å². The molecule has 4 N–H and O–H groups in total. The lowest BCUT2D eigenvalue weighted by atomic mass is 10.1. The van der Waals surface area contributed by atoms with Gasteiger partial charge in [0.2, 0.25) is 0 Å². The summed E-state index contributed by atoms with van der Waals surface area (Å²) in [6, 6.07) is -0.898. The molecule has 0 radical (unpaired) electrons. The number of carbonyl (C=O) groups is 2. The summed E-state index contributed by atoms with van der Waals surface area (Å²) >= 11 is 0. The van der Waals surface area contributed by atoms with E-state index in [9.17, 15) is 19.7 Å². The van der Waals surface area contributed by atoms with Crippen LogP contribution in [0.5, 0.6) is 0 Å². The number of hydrogen-bond donors (Lipinski definition) is 3. The number of methoxy groups -OCH3 is 1. The summed E-state index contributed by atoms with van der Waals surface area (Å²) in [5, 5.41) is 16.9. The van der Waals surface area contributed by atoms with Crippen molar-refractivity contribution < 1.29 is 24.1 Å². The first-order chi connectivity index (χ1) is 10.5. The molecule has 0 saturated heterocycles. The number of rotatable bonds is 7. The van der Waals surface area contributed by atoms with Gasteiger partial charge in [-0.25, -0.2) is 19.7 Å². The van der Waals surface area contributed by atoms with Crippen LogP contribution in [0.3, 0.4) is 0 Å². The fourth-order valence-corrected chi connectivity index (χ4v) is 1.49. The highest BCUT2D eigenvalue weighted by atomic mass is 16.7. The van der Waals surface area contributed by atoms with Crippen LogP contribution in [0.2, 0.25) is 0 Å². The van der Waals surface area contributed by atoms with E-state index in [4.69, 9.17) is 10.5 Å². The van der Waals surface area contributed by atoms with E-state index in [2.05, 4.69) is 20.5 Å². The van der Waals surface area contributed by atoms with Crippen LogP contribution < -0.4 is 16.4 Å². The molecule has 1 atom stereocenters. The van der Waals surface area contributed by atoms with Crippen LogP contribution in [0.4, 0.5) is 4.79 Å². The number of alkyl carbamates (subject to hydrolysis) is 1. The molecule has 11 heteroatoms.